The predicted octanol–water partition coefficient (Wildman–Crippen LogP) is 1.96. The number of aryl methyl sites for hydroxylation is 1. The smallest absolute Gasteiger partial charge is 0.332 e. The van der Waals surface area contributed by atoms with Gasteiger partial charge in [0.05, 0.1) is 13.2 Å². The number of nitrogens with zero attached hydrogens (tertiary/aromatic N) is 3. The Labute approximate surface area is 155 Å². The topological polar surface area (TPSA) is 91.1 Å². The van der Waals surface area contributed by atoms with Crippen LogP contribution in [0.1, 0.15) is 25.7 Å². The largest absolute Gasteiger partial charge is 0.493 e. The summed E-state index contributed by atoms with van der Waals surface area (Å²) in [5.74, 6) is 1.82. The van der Waals surface area contributed by atoms with E-state index in [0.29, 0.717) is 28.5 Å². The second-order valence-electron chi connectivity index (χ2n) is 6.88. The molecule has 0 bridgehead atoms. The Kier molecular flexibility index (Phi) is 4.25. The van der Waals surface area contributed by atoms with Gasteiger partial charge in [-0.2, -0.15) is 0 Å². The van der Waals surface area contributed by atoms with E-state index in [-0.39, 0.29) is 6.10 Å². The Bertz CT molecular complexity index is 1120. The van der Waals surface area contributed by atoms with Gasteiger partial charge >= 0.3 is 5.69 Å². The maximum absolute atomic E-state index is 12.4. The number of aromatic amines is 1. The molecule has 8 heteroatoms. The summed E-state index contributed by atoms with van der Waals surface area (Å²) < 4.78 is 14.0. The zero-order chi connectivity index (χ0) is 19.1. The van der Waals surface area contributed by atoms with Crippen molar-refractivity contribution in [3.8, 4) is 22.9 Å². The van der Waals surface area contributed by atoms with Crippen LogP contribution in [0.25, 0.3) is 22.6 Å². The number of H-pyrrole nitrogens is 1. The van der Waals surface area contributed by atoms with Crippen LogP contribution in [-0.2, 0) is 14.1 Å². The van der Waals surface area contributed by atoms with E-state index in [9.17, 15) is 9.59 Å². The van der Waals surface area contributed by atoms with Gasteiger partial charge in [0.15, 0.2) is 17.1 Å². The molecule has 1 aliphatic carbocycles. The minimum absolute atomic E-state index is 0.193. The van der Waals surface area contributed by atoms with E-state index in [1.807, 2.05) is 18.2 Å². The summed E-state index contributed by atoms with van der Waals surface area (Å²) in [6, 6.07) is 5.53. The fourth-order valence-corrected chi connectivity index (χ4v) is 3.56. The molecule has 27 heavy (non-hydrogen) atoms. The number of fused-ring (bicyclic) bond motifs is 1. The van der Waals surface area contributed by atoms with Gasteiger partial charge in [0.2, 0.25) is 0 Å². The van der Waals surface area contributed by atoms with Crippen molar-refractivity contribution in [1.29, 1.82) is 0 Å². The molecule has 4 rings (SSSR count). The Hall–Kier alpha value is -3.03. The molecule has 0 aliphatic heterocycles. The summed E-state index contributed by atoms with van der Waals surface area (Å²) in [7, 11) is 4.65. The quantitative estimate of drug-likeness (QED) is 0.758. The SMILES string of the molecule is COc1ccc(-c2nc3c([nH]2)c(=O)n(C)c(=O)n3C)cc1OC1CCCC1. The number of ether oxygens (including phenoxy) is 2. The van der Waals surface area contributed by atoms with Gasteiger partial charge < -0.3 is 14.5 Å². The van der Waals surface area contributed by atoms with E-state index >= 15 is 0 Å². The van der Waals surface area contributed by atoms with Crippen LogP contribution < -0.4 is 20.7 Å². The fourth-order valence-electron chi connectivity index (χ4n) is 3.56. The summed E-state index contributed by atoms with van der Waals surface area (Å²) in [5, 5.41) is 0. The van der Waals surface area contributed by atoms with Crippen LogP contribution in [0, 0.1) is 0 Å². The highest BCUT2D eigenvalue weighted by atomic mass is 16.5. The Morgan fingerprint density at radius 3 is 2.56 bits per heavy atom. The first-order valence-electron chi connectivity index (χ1n) is 9.00. The van der Waals surface area contributed by atoms with E-state index in [1.54, 1.807) is 14.2 Å². The minimum atomic E-state index is -0.412. The first-order chi connectivity index (χ1) is 13.0. The molecular weight excluding hydrogens is 348 g/mol. The van der Waals surface area contributed by atoms with Gasteiger partial charge in [-0.05, 0) is 43.9 Å². The van der Waals surface area contributed by atoms with Crippen molar-refractivity contribution in [2.45, 2.75) is 31.8 Å². The molecule has 8 nitrogen and oxygen atoms in total. The lowest BCUT2D eigenvalue weighted by atomic mass is 10.2. The summed E-state index contributed by atoms with van der Waals surface area (Å²) in [5.41, 5.74) is 0.568. The monoisotopic (exact) mass is 370 g/mol. The summed E-state index contributed by atoms with van der Waals surface area (Å²) in [4.78, 5) is 32.0. The molecule has 2 heterocycles. The third-order valence-corrected chi connectivity index (χ3v) is 5.13. The standard InChI is InChI=1S/C19H22N4O4/c1-22-17-15(18(24)23(2)19(22)25)20-16(21-17)11-8-9-13(26-3)14(10-11)27-12-6-4-5-7-12/h8-10,12H,4-7H2,1-3H3,(H,20,21). The third kappa shape index (κ3) is 2.90. The Balaban J connectivity index is 1.81. The van der Waals surface area contributed by atoms with Crippen LogP contribution in [0.4, 0.5) is 0 Å². The second kappa shape index (κ2) is 6.61. The summed E-state index contributed by atoms with van der Waals surface area (Å²) in [6.07, 6.45) is 4.62. The predicted molar refractivity (Wildman–Crippen MR) is 101 cm³/mol. The van der Waals surface area contributed by atoms with Gasteiger partial charge in [-0.1, -0.05) is 0 Å². The van der Waals surface area contributed by atoms with Crippen molar-refractivity contribution in [3.05, 3.63) is 39.0 Å². The maximum Gasteiger partial charge on any atom is 0.332 e. The van der Waals surface area contributed by atoms with Gasteiger partial charge in [-0.25, -0.2) is 9.78 Å². The first kappa shape index (κ1) is 17.4. The highest BCUT2D eigenvalue weighted by Crippen LogP contribution is 2.35. The van der Waals surface area contributed by atoms with Crippen LogP contribution in [-0.4, -0.2) is 32.3 Å². The third-order valence-electron chi connectivity index (χ3n) is 5.13. The van der Waals surface area contributed by atoms with E-state index in [0.717, 1.165) is 23.0 Å². The number of nitrogens with one attached hydrogen (secondary N) is 1. The van der Waals surface area contributed by atoms with Gasteiger partial charge in [0, 0.05) is 19.7 Å². The zero-order valence-corrected chi connectivity index (χ0v) is 15.6. The molecule has 1 saturated carbocycles. The average Bonchev–Trinajstić information content (AvgIpc) is 3.34. The molecule has 2 aromatic heterocycles. The first-order valence-corrected chi connectivity index (χ1v) is 9.00. The second-order valence-corrected chi connectivity index (χ2v) is 6.88. The van der Waals surface area contributed by atoms with Crippen LogP contribution in [0.3, 0.4) is 0 Å². The number of hydrogen-bond acceptors (Lipinski definition) is 5. The number of imidazole rings is 1. The van der Waals surface area contributed by atoms with Gasteiger partial charge in [-0.3, -0.25) is 13.9 Å². The van der Waals surface area contributed by atoms with E-state index < -0.39 is 11.2 Å². The van der Waals surface area contributed by atoms with Crippen LogP contribution in [0.2, 0.25) is 0 Å². The average molecular weight is 370 g/mol. The van der Waals surface area contributed by atoms with E-state index in [4.69, 9.17) is 9.47 Å². The Morgan fingerprint density at radius 1 is 1.11 bits per heavy atom. The molecular formula is C19H22N4O4. The van der Waals surface area contributed by atoms with Crippen molar-refractivity contribution in [3.63, 3.8) is 0 Å². The lowest BCUT2D eigenvalue weighted by Gasteiger charge is -2.16. The van der Waals surface area contributed by atoms with Crippen molar-refractivity contribution in [2.24, 2.45) is 14.1 Å². The summed E-state index contributed by atoms with van der Waals surface area (Å²) >= 11 is 0. The maximum atomic E-state index is 12.4. The number of hydrogen-bond donors (Lipinski definition) is 1. The lowest BCUT2D eigenvalue weighted by Crippen LogP contribution is -2.36. The lowest BCUT2D eigenvalue weighted by molar-refractivity contribution is 0.201. The van der Waals surface area contributed by atoms with Crippen molar-refractivity contribution < 1.29 is 9.47 Å². The van der Waals surface area contributed by atoms with Crippen molar-refractivity contribution in [2.75, 3.05) is 7.11 Å². The zero-order valence-electron chi connectivity index (χ0n) is 15.6. The number of methoxy groups -OCH3 is 1. The molecule has 0 atom stereocenters. The molecule has 1 aromatic carbocycles. The van der Waals surface area contributed by atoms with Crippen molar-refractivity contribution >= 4 is 11.2 Å². The minimum Gasteiger partial charge on any atom is -0.493 e. The molecule has 0 radical (unpaired) electrons. The van der Waals surface area contributed by atoms with Gasteiger partial charge in [-0.15, -0.1) is 0 Å². The number of rotatable bonds is 4. The normalized spacial score (nSPS) is 14.8. The highest BCUT2D eigenvalue weighted by molar-refractivity contribution is 5.76. The molecule has 1 fully saturated rings. The van der Waals surface area contributed by atoms with Crippen LogP contribution >= 0.6 is 0 Å². The molecule has 0 saturated heterocycles. The van der Waals surface area contributed by atoms with Gasteiger partial charge in [0.25, 0.3) is 5.56 Å². The van der Waals surface area contributed by atoms with Crippen LogP contribution in [0.15, 0.2) is 27.8 Å². The van der Waals surface area contributed by atoms with E-state index in [1.165, 1.54) is 24.5 Å². The summed E-state index contributed by atoms with van der Waals surface area (Å²) in [6.45, 7) is 0. The molecule has 0 spiro atoms. The van der Waals surface area contributed by atoms with E-state index in [2.05, 4.69) is 9.97 Å². The van der Waals surface area contributed by atoms with Crippen LogP contribution in [0.5, 0.6) is 11.5 Å². The fraction of sp³-hybridized carbons (Fsp3) is 0.421. The molecule has 0 unspecified atom stereocenters. The molecule has 0 amide bonds. The number of benzene rings is 1. The molecule has 1 N–H and O–H groups in total. The molecule has 142 valence electrons. The molecule has 3 aromatic rings. The number of aromatic nitrogens is 4. The Morgan fingerprint density at radius 2 is 1.85 bits per heavy atom. The van der Waals surface area contributed by atoms with Gasteiger partial charge in [0.1, 0.15) is 11.3 Å². The highest BCUT2D eigenvalue weighted by Gasteiger charge is 2.20. The van der Waals surface area contributed by atoms with Crippen molar-refractivity contribution in [1.82, 2.24) is 19.1 Å². The molecule has 1 aliphatic rings.